The van der Waals surface area contributed by atoms with Crippen molar-refractivity contribution < 1.29 is 23.8 Å². The topological polar surface area (TPSA) is 97.0 Å². The number of aliphatic carboxylic acids is 1. The summed E-state index contributed by atoms with van der Waals surface area (Å²) in [7, 11) is 1.54. The quantitative estimate of drug-likeness (QED) is 0.839. The summed E-state index contributed by atoms with van der Waals surface area (Å²) < 4.78 is 10.7. The largest absolute Gasteiger partial charge is 0.496 e. The van der Waals surface area contributed by atoms with Gasteiger partial charge in [0, 0.05) is 17.5 Å². The Morgan fingerprint density at radius 2 is 2.04 bits per heavy atom. The van der Waals surface area contributed by atoms with E-state index in [1.807, 2.05) is 0 Å². The van der Waals surface area contributed by atoms with Crippen molar-refractivity contribution in [2.45, 2.75) is 39.2 Å². The maximum atomic E-state index is 12.6. The Morgan fingerprint density at radius 1 is 1.31 bits per heavy atom. The first-order chi connectivity index (χ1) is 12.3. The average Bonchev–Trinajstić information content (AvgIpc) is 3.09. The predicted octanol–water partition coefficient (Wildman–Crippen LogP) is 2.04. The number of ether oxygens (including phenoxy) is 1. The van der Waals surface area contributed by atoms with Gasteiger partial charge in [-0.25, -0.2) is 9.59 Å². The molecule has 1 amide bonds. The third-order valence-electron chi connectivity index (χ3n) is 5.06. The molecule has 7 nitrogen and oxygen atoms in total. The fourth-order valence-electron chi connectivity index (χ4n) is 3.57. The molecule has 1 aliphatic rings. The molecule has 2 heterocycles. The maximum Gasteiger partial charge on any atom is 0.340 e. The smallest absolute Gasteiger partial charge is 0.340 e. The first kappa shape index (κ1) is 18.0. The van der Waals surface area contributed by atoms with Crippen LogP contribution < -0.4 is 10.4 Å². The number of carboxylic acid groups (broad SMARTS) is 1. The van der Waals surface area contributed by atoms with Crippen LogP contribution in [0.4, 0.5) is 0 Å². The molecule has 138 valence electrons. The molecule has 26 heavy (non-hydrogen) atoms. The second kappa shape index (κ2) is 6.82. The second-order valence-corrected chi connectivity index (χ2v) is 6.52. The van der Waals surface area contributed by atoms with Gasteiger partial charge in [-0.3, -0.25) is 4.79 Å². The number of hydrogen-bond donors (Lipinski definition) is 1. The number of likely N-dealkylation sites (tertiary alicyclic amines) is 1. The molecule has 2 aromatic rings. The zero-order chi connectivity index (χ0) is 19.0. The number of hydrogen-bond acceptors (Lipinski definition) is 5. The molecule has 0 saturated carbocycles. The monoisotopic (exact) mass is 359 g/mol. The van der Waals surface area contributed by atoms with E-state index >= 15 is 0 Å². The second-order valence-electron chi connectivity index (χ2n) is 6.52. The standard InChI is InChI=1S/C19H21NO6/c1-10-12-6-7-15(25-3)11(2)17(12)26-19(24)13(10)9-16(21)20-8-4-5-14(20)18(22)23/h6-7,14H,4-5,8-9H2,1-3H3,(H,22,23)/t14-/m1/s1. The molecule has 0 radical (unpaired) electrons. The van der Waals surface area contributed by atoms with Crippen LogP contribution in [-0.4, -0.2) is 41.6 Å². The van der Waals surface area contributed by atoms with Gasteiger partial charge in [-0.1, -0.05) is 0 Å². The molecular weight excluding hydrogens is 338 g/mol. The lowest BCUT2D eigenvalue weighted by Gasteiger charge is -2.21. The number of carbonyl (C=O) groups excluding carboxylic acids is 1. The third kappa shape index (κ3) is 2.94. The van der Waals surface area contributed by atoms with Gasteiger partial charge in [0.15, 0.2) is 0 Å². The van der Waals surface area contributed by atoms with Crippen LogP contribution in [0.15, 0.2) is 21.3 Å². The third-order valence-corrected chi connectivity index (χ3v) is 5.06. The molecule has 1 N–H and O–H groups in total. The van der Waals surface area contributed by atoms with Gasteiger partial charge in [0.2, 0.25) is 5.91 Å². The Kier molecular flexibility index (Phi) is 4.71. The normalized spacial score (nSPS) is 16.9. The number of amides is 1. The maximum absolute atomic E-state index is 12.6. The van der Waals surface area contributed by atoms with Crippen LogP contribution in [0.5, 0.6) is 5.75 Å². The van der Waals surface area contributed by atoms with Gasteiger partial charge in [-0.2, -0.15) is 0 Å². The van der Waals surface area contributed by atoms with Crippen molar-refractivity contribution in [3.63, 3.8) is 0 Å². The van der Waals surface area contributed by atoms with E-state index in [1.54, 1.807) is 33.1 Å². The van der Waals surface area contributed by atoms with Gasteiger partial charge in [0.05, 0.1) is 19.1 Å². The minimum atomic E-state index is -1.01. The van der Waals surface area contributed by atoms with Crippen molar-refractivity contribution in [2.75, 3.05) is 13.7 Å². The van der Waals surface area contributed by atoms with Gasteiger partial charge >= 0.3 is 11.6 Å². The van der Waals surface area contributed by atoms with Crippen LogP contribution in [0.1, 0.15) is 29.5 Å². The van der Waals surface area contributed by atoms with E-state index in [-0.39, 0.29) is 17.9 Å². The molecule has 7 heteroatoms. The summed E-state index contributed by atoms with van der Waals surface area (Å²) in [4.78, 5) is 37.7. The van der Waals surface area contributed by atoms with E-state index in [4.69, 9.17) is 9.15 Å². The van der Waals surface area contributed by atoms with Crippen molar-refractivity contribution in [3.8, 4) is 5.75 Å². The molecule has 0 unspecified atom stereocenters. The van der Waals surface area contributed by atoms with Crippen LogP contribution in [0.2, 0.25) is 0 Å². The van der Waals surface area contributed by atoms with E-state index < -0.39 is 17.6 Å². The van der Waals surface area contributed by atoms with Gasteiger partial charge in [-0.05, 0) is 44.4 Å². The molecule has 1 aromatic heterocycles. The number of rotatable bonds is 4. The highest BCUT2D eigenvalue weighted by atomic mass is 16.5. The van der Waals surface area contributed by atoms with Crippen molar-refractivity contribution in [2.24, 2.45) is 0 Å². The fraction of sp³-hybridized carbons (Fsp3) is 0.421. The van der Waals surface area contributed by atoms with Crippen LogP contribution in [0, 0.1) is 13.8 Å². The Hall–Kier alpha value is -2.83. The minimum absolute atomic E-state index is 0.168. The molecule has 0 bridgehead atoms. The highest BCUT2D eigenvalue weighted by Crippen LogP contribution is 2.29. The molecule has 1 fully saturated rings. The van der Waals surface area contributed by atoms with Crippen LogP contribution >= 0.6 is 0 Å². The summed E-state index contributed by atoms with van der Waals surface area (Å²) in [6, 6.07) is 2.77. The summed E-state index contributed by atoms with van der Waals surface area (Å²) in [5.74, 6) is -0.763. The lowest BCUT2D eigenvalue weighted by Crippen LogP contribution is -2.41. The summed E-state index contributed by atoms with van der Waals surface area (Å²) in [5.41, 5.74) is 1.51. The Labute approximate surface area is 150 Å². The molecule has 1 atom stereocenters. The van der Waals surface area contributed by atoms with E-state index in [0.717, 1.165) is 5.39 Å². The van der Waals surface area contributed by atoms with E-state index in [2.05, 4.69) is 0 Å². The van der Waals surface area contributed by atoms with Gasteiger partial charge < -0.3 is 19.2 Å². The Morgan fingerprint density at radius 3 is 2.69 bits per heavy atom. The molecule has 0 spiro atoms. The van der Waals surface area contributed by atoms with Crippen LogP contribution in [0.3, 0.4) is 0 Å². The van der Waals surface area contributed by atoms with Gasteiger partial charge in [0.25, 0.3) is 0 Å². The number of methoxy groups -OCH3 is 1. The molecule has 1 aliphatic heterocycles. The highest BCUT2D eigenvalue weighted by Gasteiger charge is 2.34. The van der Waals surface area contributed by atoms with E-state index in [9.17, 15) is 19.5 Å². The molecule has 0 aliphatic carbocycles. The van der Waals surface area contributed by atoms with E-state index in [0.29, 0.717) is 41.8 Å². The number of carboxylic acids is 1. The lowest BCUT2D eigenvalue weighted by atomic mass is 10.0. The summed E-state index contributed by atoms with van der Waals surface area (Å²) >= 11 is 0. The van der Waals surface area contributed by atoms with Gasteiger partial charge in [0.1, 0.15) is 17.4 Å². The molecule has 1 saturated heterocycles. The number of benzene rings is 1. The summed E-state index contributed by atoms with van der Waals surface area (Å²) in [5, 5.41) is 9.98. The zero-order valence-electron chi connectivity index (χ0n) is 15.0. The average molecular weight is 359 g/mol. The highest BCUT2D eigenvalue weighted by molar-refractivity contribution is 5.89. The zero-order valence-corrected chi connectivity index (χ0v) is 15.0. The Balaban J connectivity index is 2.00. The predicted molar refractivity (Wildman–Crippen MR) is 94.6 cm³/mol. The van der Waals surface area contributed by atoms with Crippen LogP contribution in [0.25, 0.3) is 11.0 Å². The molecule has 3 rings (SSSR count). The first-order valence-electron chi connectivity index (χ1n) is 8.47. The SMILES string of the molecule is COc1ccc2c(C)c(CC(=O)N3CCC[C@@H]3C(=O)O)c(=O)oc2c1C. The van der Waals surface area contributed by atoms with Crippen molar-refractivity contribution in [3.05, 3.63) is 39.2 Å². The first-order valence-corrected chi connectivity index (χ1v) is 8.47. The van der Waals surface area contributed by atoms with Crippen molar-refractivity contribution >= 4 is 22.8 Å². The minimum Gasteiger partial charge on any atom is -0.496 e. The molecular formula is C19H21NO6. The number of fused-ring (bicyclic) bond motifs is 1. The summed E-state index contributed by atoms with van der Waals surface area (Å²) in [6.07, 6.45) is 0.914. The van der Waals surface area contributed by atoms with E-state index in [1.165, 1.54) is 4.90 Å². The number of nitrogens with zero attached hydrogens (tertiary/aromatic N) is 1. The van der Waals surface area contributed by atoms with Gasteiger partial charge in [-0.15, -0.1) is 0 Å². The number of aryl methyl sites for hydroxylation is 2. The Bertz CT molecular complexity index is 945. The van der Waals surface area contributed by atoms with Crippen molar-refractivity contribution in [1.29, 1.82) is 0 Å². The lowest BCUT2D eigenvalue weighted by molar-refractivity contribution is -0.148. The summed E-state index contributed by atoms with van der Waals surface area (Å²) in [6.45, 7) is 3.96. The fourth-order valence-corrected chi connectivity index (χ4v) is 3.57. The van der Waals surface area contributed by atoms with Crippen LogP contribution in [-0.2, 0) is 16.0 Å². The van der Waals surface area contributed by atoms with Crippen molar-refractivity contribution in [1.82, 2.24) is 4.90 Å². The number of carbonyl (C=O) groups is 2. The molecule has 1 aromatic carbocycles.